The first-order valence-corrected chi connectivity index (χ1v) is 9.67. The molecule has 0 radical (unpaired) electrons. The number of nitrogens with zero attached hydrogens (tertiary/aromatic N) is 1. The minimum absolute atomic E-state index is 0.00556. The molecule has 2 N–H and O–H groups in total. The van der Waals surface area contributed by atoms with Gasteiger partial charge in [-0.3, -0.25) is 0 Å². The highest BCUT2D eigenvalue weighted by Crippen LogP contribution is 2.44. The van der Waals surface area contributed by atoms with Gasteiger partial charge in [0, 0.05) is 28.5 Å². The molecule has 1 aliphatic rings. The van der Waals surface area contributed by atoms with Gasteiger partial charge < -0.3 is 10.5 Å². The summed E-state index contributed by atoms with van der Waals surface area (Å²) in [4.78, 5) is 3.99. The zero-order chi connectivity index (χ0) is 21.3. The van der Waals surface area contributed by atoms with Gasteiger partial charge in [-0.1, -0.05) is 36.8 Å². The number of pyridine rings is 1. The van der Waals surface area contributed by atoms with E-state index in [9.17, 15) is 13.2 Å². The lowest BCUT2D eigenvalue weighted by Crippen LogP contribution is -2.14. The molecule has 0 bridgehead atoms. The summed E-state index contributed by atoms with van der Waals surface area (Å²) in [6, 6.07) is 11.8. The van der Waals surface area contributed by atoms with Crippen LogP contribution in [0.3, 0.4) is 0 Å². The van der Waals surface area contributed by atoms with Crippen LogP contribution in [0.5, 0.6) is 5.75 Å². The first-order valence-electron chi connectivity index (χ1n) is 9.67. The molecule has 30 heavy (non-hydrogen) atoms. The number of ether oxygens (including phenoxy) is 1. The molecule has 1 aliphatic carbocycles. The quantitative estimate of drug-likeness (QED) is 0.494. The van der Waals surface area contributed by atoms with Crippen LogP contribution in [0.1, 0.15) is 41.9 Å². The summed E-state index contributed by atoms with van der Waals surface area (Å²) in [5.41, 5.74) is 6.26. The third kappa shape index (κ3) is 3.97. The van der Waals surface area contributed by atoms with Gasteiger partial charge in [-0.05, 0) is 37.0 Å². The van der Waals surface area contributed by atoms with Gasteiger partial charge >= 0.3 is 6.18 Å². The van der Waals surface area contributed by atoms with Gasteiger partial charge in [0.2, 0.25) is 0 Å². The van der Waals surface area contributed by atoms with Crippen molar-refractivity contribution in [2.45, 2.75) is 38.0 Å². The lowest BCUT2D eigenvalue weighted by molar-refractivity contribution is -0.138. The molecule has 3 nitrogen and oxygen atoms in total. The summed E-state index contributed by atoms with van der Waals surface area (Å²) in [5.74, 6) is -0.141. The van der Waals surface area contributed by atoms with E-state index in [-0.39, 0.29) is 29.4 Å². The Morgan fingerprint density at radius 3 is 2.43 bits per heavy atom. The molecule has 4 rings (SSSR count). The van der Waals surface area contributed by atoms with E-state index in [1.54, 1.807) is 24.3 Å². The predicted molar refractivity (Wildman–Crippen MR) is 106 cm³/mol. The number of benzene rings is 2. The second-order valence-corrected chi connectivity index (χ2v) is 7.39. The smallest absolute Gasteiger partial charge is 0.416 e. The van der Waals surface area contributed by atoms with E-state index in [4.69, 9.17) is 10.5 Å². The Hall–Kier alpha value is -3.09. The molecule has 3 aromatic rings. The van der Waals surface area contributed by atoms with E-state index in [1.165, 1.54) is 24.4 Å². The first-order chi connectivity index (χ1) is 14.3. The van der Waals surface area contributed by atoms with E-state index in [1.807, 2.05) is 0 Å². The SMILES string of the molecule is Nc1ccc(-c2ccc(C3CCC3)c(OCc3ccccc3C(F)(F)F)c2F)cn1. The number of hydrogen-bond donors (Lipinski definition) is 1. The highest BCUT2D eigenvalue weighted by atomic mass is 19.4. The summed E-state index contributed by atoms with van der Waals surface area (Å²) in [6.07, 6.45) is -0.214. The summed E-state index contributed by atoms with van der Waals surface area (Å²) in [5, 5.41) is 0. The van der Waals surface area contributed by atoms with Crippen LogP contribution < -0.4 is 10.5 Å². The Labute approximate surface area is 171 Å². The lowest BCUT2D eigenvalue weighted by Gasteiger charge is -2.28. The van der Waals surface area contributed by atoms with Crippen LogP contribution in [0.25, 0.3) is 11.1 Å². The minimum atomic E-state index is -4.51. The highest BCUT2D eigenvalue weighted by Gasteiger charge is 2.33. The Kier molecular flexibility index (Phi) is 5.37. The van der Waals surface area contributed by atoms with Gasteiger partial charge in [0.05, 0.1) is 5.56 Å². The Bertz CT molecular complexity index is 1040. The molecular formula is C23H20F4N2O. The summed E-state index contributed by atoms with van der Waals surface area (Å²) < 4.78 is 61.1. The number of nitrogen functional groups attached to an aromatic ring is 1. The van der Waals surface area contributed by atoms with Gasteiger partial charge in [0.25, 0.3) is 0 Å². The number of halogens is 4. The van der Waals surface area contributed by atoms with Crippen LogP contribution in [0, 0.1) is 5.82 Å². The molecule has 0 amide bonds. The maximum Gasteiger partial charge on any atom is 0.416 e. The molecule has 0 atom stereocenters. The van der Waals surface area contributed by atoms with E-state index in [0.717, 1.165) is 25.3 Å². The second kappa shape index (κ2) is 7.97. The molecule has 2 aromatic carbocycles. The van der Waals surface area contributed by atoms with Crippen LogP contribution in [0.4, 0.5) is 23.4 Å². The van der Waals surface area contributed by atoms with Crippen LogP contribution in [0.15, 0.2) is 54.7 Å². The molecule has 1 saturated carbocycles. The van der Waals surface area contributed by atoms with E-state index >= 15 is 4.39 Å². The predicted octanol–water partition coefficient (Wildman–Crippen LogP) is 6.34. The summed E-state index contributed by atoms with van der Waals surface area (Å²) >= 11 is 0. The second-order valence-electron chi connectivity index (χ2n) is 7.39. The highest BCUT2D eigenvalue weighted by molar-refractivity contribution is 5.67. The Morgan fingerprint density at radius 2 is 1.80 bits per heavy atom. The zero-order valence-corrected chi connectivity index (χ0v) is 16.0. The van der Waals surface area contributed by atoms with Crippen molar-refractivity contribution in [2.24, 2.45) is 0 Å². The van der Waals surface area contributed by atoms with Crippen molar-refractivity contribution in [3.8, 4) is 16.9 Å². The molecule has 0 spiro atoms. The van der Waals surface area contributed by atoms with Gasteiger partial charge in [0.15, 0.2) is 11.6 Å². The van der Waals surface area contributed by atoms with Crippen LogP contribution in [0.2, 0.25) is 0 Å². The van der Waals surface area contributed by atoms with Crippen molar-refractivity contribution >= 4 is 5.82 Å². The molecule has 0 aliphatic heterocycles. The van der Waals surface area contributed by atoms with E-state index in [2.05, 4.69) is 4.98 Å². The fourth-order valence-electron chi connectivity index (χ4n) is 3.62. The number of nitrogens with two attached hydrogens (primary N) is 1. The fraction of sp³-hybridized carbons (Fsp3) is 0.261. The minimum Gasteiger partial charge on any atom is -0.485 e. The molecule has 1 heterocycles. The topological polar surface area (TPSA) is 48.1 Å². The van der Waals surface area contributed by atoms with Crippen molar-refractivity contribution < 1.29 is 22.3 Å². The van der Waals surface area contributed by atoms with Crippen molar-refractivity contribution in [3.63, 3.8) is 0 Å². The third-order valence-corrected chi connectivity index (χ3v) is 5.46. The molecular weight excluding hydrogens is 396 g/mol. The number of hydrogen-bond acceptors (Lipinski definition) is 3. The van der Waals surface area contributed by atoms with Crippen molar-refractivity contribution in [3.05, 3.63) is 77.2 Å². The average molecular weight is 416 g/mol. The van der Waals surface area contributed by atoms with Gasteiger partial charge in [-0.15, -0.1) is 0 Å². The van der Waals surface area contributed by atoms with E-state index < -0.39 is 17.6 Å². The van der Waals surface area contributed by atoms with Crippen LogP contribution in [-0.2, 0) is 12.8 Å². The largest absolute Gasteiger partial charge is 0.485 e. The number of alkyl halides is 3. The molecule has 7 heteroatoms. The first kappa shape index (κ1) is 20.2. The number of aromatic nitrogens is 1. The van der Waals surface area contributed by atoms with E-state index in [0.29, 0.717) is 16.9 Å². The van der Waals surface area contributed by atoms with Crippen molar-refractivity contribution in [1.29, 1.82) is 0 Å². The van der Waals surface area contributed by atoms with Gasteiger partial charge in [-0.25, -0.2) is 9.37 Å². The molecule has 0 saturated heterocycles. The zero-order valence-electron chi connectivity index (χ0n) is 16.0. The van der Waals surface area contributed by atoms with Crippen LogP contribution >= 0.6 is 0 Å². The molecule has 156 valence electrons. The van der Waals surface area contributed by atoms with Crippen molar-refractivity contribution in [1.82, 2.24) is 4.98 Å². The lowest BCUT2D eigenvalue weighted by atomic mass is 9.79. The Morgan fingerprint density at radius 1 is 1.03 bits per heavy atom. The van der Waals surface area contributed by atoms with Crippen molar-refractivity contribution in [2.75, 3.05) is 5.73 Å². The van der Waals surface area contributed by atoms with Gasteiger partial charge in [0.1, 0.15) is 12.4 Å². The summed E-state index contributed by atoms with van der Waals surface area (Å²) in [6.45, 7) is -0.379. The van der Waals surface area contributed by atoms with Gasteiger partial charge in [-0.2, -0.15) is 13.2 Å². The third-order valence-electron chi connectivity index (χ3n) is 5.46. The molecule has 1 fully saturated rings. The number of rotatable bonds is 5. The summed E-state index contributed by atoms with van der Waals surface area (Å²) in [7, 11) is 0. The Balaban J connectivity index is 1.71. The van der Waals surface area contributed by atoms with Crippen LogP contribution in [-0.4, -0.2) is 4.98 Å². The molecule has 1 aromatic heterocycles. The monoisotopic (exact) mass is 416 g/mol. The fourth-order valence-corrected chi connectivity index (χ4v) is 3.62. The number of anilines is 1. The standard InChI is InChI=1S/C23H20F4N2O/c24-21-17(15-8-11-20(28)29-12-15)9-10-18(14-5-3-6-14)22(21)30-13-16-4-1-2-7-19(16)23(25,26)27/h1-2,4,7-12,14H,3,5-6,13H2,(H2,28,29). The normalized spacial score (nSPS) is 14.4. The maximum absolute atomic E-state index is 15.5. The average Bonchev–Trinajstić information content (AvgIpc) is 2.67. The maximum atomic E-state index is 15.5. The molecule has 0 unspecified atom stereocenters.